The largest absolute Gasteiger partial charge is 0.497 e. The van der Waals surface area contributed by atoms with Gasteiger partial charge in [-0.05, 0) is 53.9 Å². The number of methoxy groups -OCH3 is 1. The van der Waals surface area contributed by atoms with Gasteiger partial charge in [0.1, 0.15) is 11.5 Å². The molecular weight excluding hydrogens is 302 g/mol. The minimum absolute atomic E-state index is 0.0132. The molecule has 24 heavy (non-hydrogen) atoms. The number of rotatable bonds is 2. The molecule has 3 aromatic rings. The number of nitrogens with zero attached hydrogens (tertiary/aromatic N) is 1. The van der Waals surface area contributed by atoms with Crippen molar-refractivity contribution in [3.8, 4) is 22.8 Å². The number of ether oxygens (including phenoxy) is 2. The van der Waals surface area contributed by atoms with E-state index >= 15 is 0 Å². The molecule has 1 aliphatic heterocycles. The van der Waals surface area contributed by atoms with Crippen LogP contribution in [-0.4, -0.2) is 24.2 Å². The fourth-order valence-corrected chi connectivity index (χ4v) is 3.62. The lowest BCUT2D eigenvalue weighted by atomic mass is 10.00. The molecule has 2 heterocycles. The summed E-state index contributed by atoms with van der Waals surface area (Å²) >= 11 is 0. The average molecular weight is 321 g/mol. The monoisotopic (exact) mass is 321 g/mol. The van der Waals surface area contributed by atoms with Gasteiger partial charge in [0, 0.05) is 18.7 Å². The Morgan fingerprint density at radius 1 is 1.17 bits per heavy atom. The molecule has 0 N–H and O–H groups in total. The molecule has 0 amide bonds. The van der Waals surface area contributed by atoms with Crippen molar-refractivity contribution in [3.05, 3.63) is 47.5 Å². The smallest absolute Gasteiger partial charge is 0.228 e. The zero-order valence-electron chi connectivity index (χ0n) is 14.1. The fraction of sp³-hybridized carbons (Fsp3) is 0.250. The van der Waals surface area contributed by atoms with Crippen molar-refractivity contribution in [3.63, 3.8) is 0 Å². The first-order valence-electron chi connectivity index (χ1n) is 8.07. The molecule has 0 fully saturated rings. The van der Waals surface area contributed by atoms with Gasteiger partial charge in [0.05, 0.1) is 24.9 Å². The third-order valence-corrected chi connectivity index (χ3v) is 4.66. The second-order valence-corrected chi connectivity index (χ2v) is 6.11. The van der Waals surface area contributed by atoms with E-state index in [-0.39, 0.29) is 5.91 Å². The van der Waals surface area contributed by atoms with Crippen molar-refractivity contribution in [2.24, 2.45) is 0 Å². The van der Waals surface area contributed by atoms with Crippen LogP contribution in [0.25, 0.3) is 22.2 Å². The molecule has 4 rings (SSSR count). The molecule has 122 valence electrons. The molecule has 4 nitrogen and oxygen atoms in total. The van der Waals surface area contributed by atoms with Crippen LogP contribution in [0.2, 0.25) is 0 Å². The van der Waals surface area contributed by atoms with E-state index in [0.29, 0.717) is 6.61 Å². The zero-order chi connectivity index (χ0) is 16.8. The van der Waals surface area contributed by atoms with Gasteiger partial charge in [-0.25, -0.2) is 0 Å². The Balaban J connectivity index is 2.11. The van der Waals surface area contributed by atoms with E-state index in [9.17, 15) is 4.79 Å². The molecule has 0 spiro atoms. The van der Waals surface area contributed by atoms with Crippen molar-refractivity contribution < 1.29 is 14.3 Å². The van der Waals surface area contributed by atoms with Crippen LogP contribution in [0.4, 0.5) is 0 Å². The Labute approximate surface area is 140 Å². The Bertz CT molecular complexity index is 951. The van der Waals surface area contributed by atoms with E-state index in [0.717, 1.165) is 45.6 Å². The van der Waals surface area contributed by atoms with Crippen LogP contribution in [0.3, 0.4) is 0 Å². The zero-order valence-corrected chi connectivity index (χ0v) is 14.1. The summed E-state index contributed by atoms with van der Waals surface area (Å²) in [6.07, 6.45) is 0.800. The molecule has 1 aliphatic rings. The van der Waals surface area contributed by atoms with Crippen molar-refractivity contribution in [2.75, 3.05) is 13.7 Å². The minimum Gasteiger partial charge on any atom is -0.497 e. The number of hydrogen-bond acceptors (Lipinski definition) is 3. The first kappa shape index (κ1) is 14.8. The molecule has 0 aliphatic carbocycles. The summed E-state index contributed by atoms with van der Waals surface area (Å²) in [6.45, 7) is 4.28. The van der Waals surface area contributed by atoms with Crippen LogP contribution < -0.4 is 9.47 Å². The lowest BCUT2D eigenvalue weighted by Gasteiger charge is -2.15. The molecular formula is C20H19NO3. The van der Waals surface area contributed by atoms with Gasteiger partial charge in [-0.1, -0.05) is 6.07 Å². The van der Waals surface area contributed by atoms with Crippen LogP contribution in [-0.2, 0) is 6.42 Å². The topological polar surface area (TPSA) is 40.5 Å². The first-order chi connectivity index (χ1) is 11.6. The van der Waals surface area contributed by atoms with Gasteiger partial charge < -0.3 is 9.47 Å². The second kappa shape index (κ2) is 5.41. The highest BCUT2D eigenvalue weighted by molar-refractivity contribution is 6.05. The van der Waals surface area contributed by atoms with Gasteiger partial charge >= 0.3 is 0 Å². The third-order valence-electron chi connectivity index (χ3n) is 4.66. The maximum Gasteiger partial charge on any atom is 0.228 e. The number of benzene rings is 2. The Morgan fingerprint density at radius 3 is 2.58 bits per heavy atom. The van der Waals surface area contributed by atoms with Crippen LogP contribution in [0.5, 0.6) is 11.5 Å². The SMILES string of the molecule is COc1ccc(-c2c3c4c(ccc(C)c4n2C(C)=O)OCC3)cc1. The lowest BCUT2D eigenvalue weighted by molar-refractivity contribution is 0.0943. The summed E-state index contributed by atoms with van der Waals surface area (Å²) in [5.41, 5.74) is 5.22. The Hall–Kier alpha value is -2.75. The summed E-state index contributed by atoms with van der Waals surface area (Å²) < 4.78 is 12.9. The number of carbonyl (C=O) groups excluding carboxylic acids is 1. The van der Waals surface area contributed by atoms with Crippen molar-refractivity contribution >= 4 is 16.8 Å². The molecule has 0 saturated carbocycles. The number of aromatic nitrogens is 1. The van der Waals surface area contributed by atoms with Crippen LogP contribution >= 0.6 is 0 Å². The van der Waals surface area contributed by atoms with Crippen LogP contribution in [0.15, 0.2) is 36.4 Å². The third kappa shape index (κ3) is 2.03. The summed E-state index contributed by atoms with van der Waals surface area (Å²) in [7, 11) is 1.65. The number of aryl methyl sites for hydroxylation is 1. The fourth-order valence-electron chi connectivity index (χ4n) is 3.62. The Kier molecular flexibility index (Phi) is 3.34. The highest BCUT2D eigenvalue weighted by Gasteiger charge is 2.27. The second-order valence-electron chi connectivity index (χ2n) is 6.11. The molecule has 0 bridgehead atoms. The van der Waals surface area contributed by atoms with Gasteiger partial charge in [-0.3, -0.25) is 9.36 Å². The van der Waals surface area contributed by atoms with E-state index in [2.05, 4.69) is 0 Å². The highest BCUT2D eigenvalue weighted by atomic mass is 16.5. The van der Waals surface area contributed by atoms with Gasteiger partial charge in [0.25, 0.3) is 0 Å². The van der Waals surface area contributed by atoms with E-state index in [4.69, 9.17) is 9.47 Å². The standard InChI is InChI=1S/C20H19NO3/c1-12-4-9-17-18-16(10-11-24-17)20(21(13(2)22)19(12)18)14-5-7-15(23-3)8-6-14/h4-9H,10-11H2,1-3H3. The summed E-state index contributed by atoms with van der Waals surface area (Å²) in [6, 6.07) is 11.9. The van der Waals surface area contributed by atoms with Gasteiger partial charge in [-0.2, -0.15) is 0 Å². The molecule has 0 atom stereocenters. The molecule has 2 aromatic carbocycles. The molecule has 0 saturated heterocycles. The normalized spacial score (nSPS) is 13.0. The number of carbonyl (C=O) groups is 1. The molecule has 0 radical (unpaired) electrons. The maximum atomic E-state index is 12.5. The van der Waals surface area contributed by atoms with Crippen LogP contribution in [0.1, 0.15) is 22.8 Å². The summed E-state index contributed by atoms with van der Waals surface area (Å²) in [4.78, 5) is 12.5. The molecule has 0 unspecified atom stereocenters. The van der Waals surface area contributed by atoms with Crippen molar-refractivity contribution in [1.29, 1.82) is 0 Å². The van der Waals surface area contributed by atoms with Crippen molar-refractivity contribution in [2.45, 2.75) is 20.3 Å². The van der Waals surface area contributed by atoms with Gasteiger partial charge in [0.2, 0.25) is 5.91 Å². The van der Waals surface area contributed by atoms with Crippen molar-refractivity contribution in [1.82, 2.24) is 4.57 Å². The predicted molar refractivity (Wildman–Crippen MR) is 94.2 cm³/mol. The van der Waals surface area contributed by atoms with E-state index in [1.54, 1.807) is 14.0 Å². The Morgan fingerprint density at radius 2 is 1.92 bits per heavy atom. The van der Waals surface area contributed by atoms with E-state index < -0.39 is 0 Å². The number of hydrogen-bond donors (Lipinski definition) is 0. The molecule has 1 aromatic heterocycles. The van der Waals surface area contributed by atoms with Gasteiger partial charge in [-0.15, -0.1) is 0 Å². The summed E-state index contributed by atoms with van der Waals surface area (Å²) in [5, 5.41) is 1.07. The summed E-state index contributed by atoms with van der Waals surface area (Å²) in [5.74, 6) is 1.68. The van der Waals surface area contributed by atoms with Crippen LogP contribution in [0, 0.1) is 6.92 Å². The highest BCUT2D eigenvalue weighted by Crippen LogP contribution is 2.42. The average Bonchev–Trinajstić information content (AvgIpc) is 2.95. The quantitative estimate of drug-likeness (QED) is 0.709. The van der Waals surface area contributed by atoms with E-state index in [1.165, 1.54) is 5.56 Å². The molecule has 4 heteroatoms. The maximum absolute atomic E-state index is 12.5. The minimum atomic E-state index is 0.0132. The predicted octanol–water partition coefficient (Wildman–Crippen LogP) is 4.22. The first-order valence-corrected chi connectivity index (χ1v) is 8.07. The van der Waals surface area contributed by atoms with Gasteiger partial charge in [0.15, 0.2) is 0 Å². The lowest BCUT2D eigenvalue weighted by Crippen LogP contribution is -2.09. The van der Waals surface area contributed by atoms with E-state index in [1.807, 2.05) is 47.9 Å².